The Labute approximate surface area is 207 Å². The maximum atomic E-state index is 12.5. The van der Waals surface area contributed by atoms with E-state index in [4.69, 9.17) is 26.2 Å². The van der Waals surface area contributed by atoms with Crippen molar-refractivity contribution in [3.8, 4) is 16.9 Å². The Balaban J connectivity index is 1.61. The van der Waals surface area contributed by atoms with Crippen molar-refractivity contribution >= 4 is 29.3 Å². The standard InChI is InChI=1S/C26H24ClN3O3S/c1-32-24(33-2)16-28-26(31)19-10-8-18(9-11-19)25-23(34-22-14-12-20(27)13-15-22)17-30(29-25)21-6-4-3-5-7-21/h3-15,17,24H,16H2,1-2H3,(H,28,31). The molecule has 4 rings (SSSR count). The Morgan fingerprint density at radius 1 is 1.00 bits per heavy atom. The Hall–Kier alpha value is -3.10. The van der Waals surface area contributed by atoms with Crippen molar-refractivity contribution in [1.29, 1.82) is 0 Å². The highest BCUT2D eigenvalue weighted by Crippen LogP contribution is 2.36. The van der Waals surface area contributed by atoms with Gasteiger partial charge in [0.2, 0.25) is 0 Å². The van der Waals surface area contributed by atoms with Crippen LogP contribution in [0.4, 0.5) is 0 Å². The van der Waals surface area contributed by atoms with Crippen molar-refractivity contribution in [2.45, 2.75) is 16.1 Å². The molecule has 3 aromatic carbocycles. The molecule has 0 saturated carbocycles. The second-order valence-corrected chi connectivity index (χ2v) is 8.92. The number of methoxy groups -OCH3 is 2. The van der Waals surface area contributed by atoms with E-state index in [1.807, 2.05) is 77.6 Å². The van der Waals surface area contributed by atoms with E-state index < -0.39 is 6.29 Å². The van der Waals surface area contributed by atoms with Crippen LogP contribution in [0, 0.1) is 0 Å². The van der Waals surface area contributed by atoms with Gasteiger partial charge in [-0.1, -0.05) is 53.7 Å². The Kier molecular flexibility index (Phi) is 8.03. The summed E-state index contributed by atoms with van der Waals surface area (Å²) < 4.78 is 12.1. The fourth-order valence-electron chi connectivity index (χ4n) is 3.30. The van der Waals surface area contributed by atoms with Crippen molar-refractivity contribution < 1.29 is 14.3 Å². The van der Waals surface area contributed by atoms with Gasteiger partial charge in [-0.2, -0.15) is 5.10 Å². The lowest BCUT2D eigenvalue weighted by molar-refractivity contribution is -0.0974. The highest BCUT2D eigenvalue weighted by Gasteiger charge is 2.15. The van der Waals surface area contributed by atoms with Crippen LogP contribution in [0.1, 0.15) is 10.4 Å². The molecule has 34 heavy (non-hydrogen) atoms. The zero-order chi connectivity index (χ0) is 23.9. The van der Waals surface area contributed by atoms with Gasteiger partial charge >= 0.3 is 0 Å². The molecule has 8 heteroatoms. The monoisotopic (exact) mass is 493 g/mol. The van der Waals surface area contributed by atoms with E-state index in [0.29, 0.717) is 10.6 Å². The molecule has 1 aromatic heterocycles. The first kappa shape index (κ1) is 24.0. The van der Waals surface area contributed by atoms with E-state index in [0.717, 1.165) is 26.7 Å². The van der Waals surface area contributed by atoms with Crippen molar-refractivity contribution in [3.05, 3.63) is 95.6 Å². The number of halogens is 1. The van der Waals surface area contributed by atoms with E-state index in [1.54, 1.807) is 23.9 Å². The summed E-state index contributed by atoms with van der Waals surface area (Å²) in [5, 5.41) is 8.36. The molecule has 1 N–H and O–H groups in total. The SMILES string of the molecule is COC(CNC(=O)c1ccc(-c2nn(-c3ccccc3)cc2Sc2ccc(Cl)cc2)cc1)OC. The summed E-state index contributed by atoms with van der Waals surface area (Å²) in [6.45, 7) is 0.261. The van der Waals surface area contributed by atoms with Gasteiger partial charge in [-0.05, 0) is 48.5 Å². The molecule has 0 aliphatic heterocycles. The van der Waals surface area contributed by atoms with Crippen LogP contribution in [-0.4, -0.2) is 42.7 Å². The van der Waals surface area contributed by atoms with Crippen molar-refractivity contribution in [2.75, 3.05) is 20.8 Å². The van der Waals surface area contributed by atoms with Gasteiger partial charge in [0.25, 0.3) is 5.91 Å². The number of ether oxygens (including phenoxy) is 2. The predicted octanol–water partition coefficient (Wildman–Crippen LogP) is 5.69. The molecule has 0 aliphatic carbocycles. The van der Waals surface area contributed by atoms with Crippen LogP contribution >= 0.6 is 23.4 Å². The molecule has 0 aliphatic rings. The summed E-state index contributed by atoms with van der Waals surface area (Å²) in [5.74, 6) is -0.198. The van der Waals surface area contributed by atoms with E-state index in [2.05, 4.69) is 5.32 Å². The molecule has 0 atom stereocenters. The molecule has 174 valence electrons. The van der Waals surface area contributed by atoms with Gasteiger partial charge in [-0.15, -0.1) is 0 Å². The van der Waals surface area contributed by atoms with Crippen molar-refractivity contribution in [2.24, 2.45) is 0 Å². The maximum absolute atomic E-state index is 12.5. The van der Waals surface area contributed by atoms with Crippen LogP contribution < -0.4 is 5.32 Å². The van der Waals surface area contributed by atoms with Crippen LogP contribution in [-0.2, 0) is 9.47 Å². The first-order valence-electron chi connectivity index (χ1n) is 10.6. The smallest absolute Gasteiger partial charge is 0.251 e. The largest absolute Gasteiger partial charge is 0.354 e. The molecule has 0 fully saturated rings. The van der Waals surface area contributed by atoms with Crippen LogP contribution in [0.15, 0.2) is 94.9 Å². The fraction of sp³-hybridized carbons (Fsp3) is 0.154. The lowest BCUT2D eigenvalue weighted by atomic mass is 10.1. The third-order valence-electron chi connectivity index (χ3n) is 5.12. The first-order chi connectivity index (χ1) is 16.6. The van der Waals surface area contributed by atoms with E-state index >= 15 is 0 Å². The second-order valence-electron chi connectivity index (χ2n) is 7.37. The number of amides is 1. The summed E-state index contributed by atoms with van der Waals surface area (Å²) >= 11 is 7.66. The number of aromatic nitrogens is 2. The summed E-state index contributed by atoms with van der Waals surface area (Å²) in [6, 6.07) is 25.0. The van der Waals surface area contributed by atoms with Crippen molar-refractivity contribution in [1.82, 2.24) is 15.1 Å². The molecule has 6 nitrogen and oxygen atoms in total. The second kappa shape index (κ2) is 11.4. The fourth-order valence-corrected chi connectivity index (χ4v) is 4.36. The highest BCUT2D eigenvalue weighted by atomic mass is 35.5. The average molecular weight is 494 g/mol. The zero-order valence-corrected chi connectivity index (χ0v) is 20.3. The molecular formula is C26H24ClN3O3S. The van der Waals surface area contributed by atoms with Crippen LogP contribution in [0.2, 0.25) is 5.02 Å². The first-order valence-corrected chi connectivity index (χ1v) is 11.8. The van der Waals surface area contributed by atoms with E-state index in [-0.39, 0.29) is 12.5 Å². The van der Waals surface area contributed by atoms with E-state index in [1.165, 1.54) is 14.2 Å². The van der Waals surface area contributed by atoms with Gasteiger partial charge in [0.15, 0.2) is 6.29 Å². The number of hydrogen-bond donors (Lipinski definition) is 1. The molecule has 0 spiro atoms. The number of carbonyl (C=O) groups excluding carboxylic acids is 1. The summed E-state index contributed by atoms with van der Waals surface area (Å²) in [6.07, 6.45) is 1.53. The molecule has 0 saturated heterocycles. The van der Waals surface area contributed by atoms with Crippen molar-refractivity contribution in [3.63, 3.8) is 0 Å². The predicted molar refractivity (Wildman–Crippen MR) is 135 cm³/mol. The Morgan fingerprint density at radius 2 is 1.68 bits per heavy atom. The molecule has 0 unspecified atom stereocenters. The third kappa shape index (κ3) is 5.87. The molecular weight excluding hydrogens is 470 g/mol. The minimum absolute atomic E-state index is 0.198. The Bertz CT molecular complexity index is 1220. The van der Waals surface area contributed by atoms with Gasteiger partial charge in [-0.25, -0.2) is 4.68 Å². The number of benzene rings is 3. The Morgan fingerprint density at radius 3 is 2.32 bits per heavy atom. The number of rotatable bonds is 9. The molecule has 1 amide bonds. The number of nitrogens with zero attached hydrogens (tertiary/aromatic N) is 2. The minimum Gasteiger partial charge on any atom is -0.354 e. The van der Waals surface area contributed by atoms with Gasteiger partial charge in [0, 0.05) is 41.5 Å². The average Bonchev–Trinajstić information content (AvgIpc) is 3.30. The van der Waals surface area contributed by atoms with Gasteiger partial charge in [0.05, 0.1) is 17.1 Å². The third-order valence-corrected chi connectivity index (χ3v) is 6.40. The van der Waals surface area contributed by atoms with Gasteiger partial charge in [0.1, 0.15) is 5.69 Å². The number of nitrogens with one attached hydrogen (secondary N) is 1. The zero-order valence-electron chi connectivity index (χ0n) is 18.8. The summed E-state index contributed by atoms with van der Waals surface area (Å²) in [7, 11) is 3.06. The normalized spacial score (nSPS) is 11.1. The summed E-state index contributed by atoms with van der Waals surface area (Å²) in [4.78, 5) is 14.5. The van der Waals surface area contributed by atoms with Crippen LogP contribution in [0.3, 0.4) is 0 Å². The van der Waals surface area contributed by atoms with Gasteiger partial charge < -0.3 is 14.8 Å². The topological polar surface area (TPSA) is 65.4 Å². The molecule has 0 radical (unpaired) electrons. The molecule has 4 aromatic rings. The van der Waals surface area contributed by atoms with Crippen LogP contribution in [0.5, 0.6) is 0 Å². The number of carbonyl (C=O) groups is 1. The van der Waals surface area contributed by atoms with Gasteiger partial charge in [-0.3, -0.25) is 4.79 Å². The maximum Gasteiger partial charge on any atom is 0.251 e. The van der Waals surface area contributed by atoms with E-state index in [9.17, 15) is 4.79 Å². The summed E-state index contributed by atoms with van der Waals surface area (Å²) in [5.41, 5.74) is 3.25. The quantitative estimate of drug-likeness (QED) is 0.303. The minimum atomic E-state index is -0.488. The molecule has 1 heterocycles. The molecule has 0 bridgehead atoms. The highest BCUT2D eigenvalue weighted by molar-refractivity contribution is 7.99. The number of hydrogen-bond acceptors (Lipinski definition) is 5. The number of para-hydroxylation sites is 1. The lowest BCUT2D eigenvalue weighted by Gasteiger charge is -2.14. The lowest BCUT2D eigenvalue weighted by Crippen LogP contribution is -2.34. The van der Waals surface area contributed by atoms with Crippen LogP contribution in [0.25, 0.3) is 16.9 Å².